The van der Waals surface area contributed by atoms with E-state index in [0.717, 1.165) is 26.2 Å². The second-order valence-electron chi connectivity index (χ2n) is 5.93. The second kappa shape index (κ2) is 21.8. The van der Waals surface area contributed by atoms with Crippen LogP contribution in [0.1, 0.15) is 83.6 Å². The van der Waals surface area contributed by atoms with Gasteiger partial charge in [0, 0.05) is 12.8 Å². The molecule has 0 saturated carbocycles. The summed E-state index contributed by atoms with van der Waals surface area (Å²) in [6.07, 6.45) is 17.2. The van der Waals surface area contributed by atoms with E-state index in [1.54, 1.807) is 0 Å². The van der Waals surface area contributed by atoms with Gasteiger partial charge in [0.2, 0.25) is 0 Å². The molecule has 0 bridgehead atoms. The van der Waals surface area contributed by atoms with Crippen molar-refractivity contribution in [3.05, 3.63) is 24.9 Å². The maximum Gasteiger partial charge on any atom is 1.00 e. The van der Waals surface area contributed by atoms with Crippen molar-refractivity contribution in [1.29, 1.82) is 0 Å². The minimum atomic E-state index is 0. The first-order valence-corrected chi connectivity index (χ1v) is 9.69. The van der Waals surface area contributed by atoms with E-state index in [2.05, 4.69) is 25.1 Å². The van der Waals surface area contributed by atoms with Gasteiger partial charge < -0.3 is 11.7 Å². The molecule has 0 atom stereocenters. The molecule has 136 valence electrons. The summed E-state index contributed by atoms with van der Waals surface area (Å²) in [6, 6.07) is 0. The van der Waals surface area contributed by atoms with Gasteiger partial charge in [-0.05, 0) is 18.9 Å². The van der Waals surface area contributed by atoms with E-state index in [4.69, 9.17) is 4.74 Å². The SMILES string of the molecule is CC.[CH2-]CCCCCCCCCCCOCCn1cc(C)cn1.[K+]. The van der Waals surface area contributed by atoms with Crippen LogP contribution in [0.3, 0.4) is 0 Å². The summed E-state index contributed by atoms with van der Waals surface area (Å²) >= 11 is 0. The summed E-state index contributed by atoms with van der Waals surface area (Å²) in [5.74, 6) is 0. The summed E-state index contributed by atoms with van der Waals surface area (Å²) < 4.78 is 7.60. The molecule has 0 spiro atoms. The first-order valence-electron chi connectivity index (χ1n) is 9.69. The van der Waals surface area contributed by atoms with Crippen LogP contribution in [0, 0.1) is 13.8 Å². The zero-order valence-corrected chi connectivity index (χ0v) is 20.0. The summed E-state index contributed by atoms with van der Waals surface area (Å²) in [7, 11) is 0. The van der Waals surface area contributed by atoms with Crippen molar-refractivity contribution in [3.63, 3.8) is 0 Å². The predicted octanol–water partition coefficient (Wildman–Crippen LogP) is 2.97. The molecule has 24 heavy (non-hydrogen) atoms. The molecule has 0 N–H and O–H groups in total. The number of hydrogen-bond donors (Lipinski definition) is 0. The summed E-state index contributed by atoms with van der Waals surface area (Å²) in [5, 5.41) is 4.24. The molecule has 3 nitrogen and oxygen atoms in total. The van der Waals surface area contributed by atoms with Gasteiger partial charge in [-0.1, -0.05) is 65.2 Å². The van der Waals surface area contributed by atoms with Crippen LogP contribution in [-0.2, 0) is 11.3 Å². The van der Waals surface area contributed by atoms with E-state index in [1.165, 1.54) is 63.4 Å². The number of unbranched alkanes of at least 4 members (excludes halogenated alkanes) is 9. The van der Waals surface area contributed by atoms with Crippen LogP contribution >= 0.6 is 0 Å². The van der Waals surface area contributed by atoms with Crippen molar-refractivity contribution in [2.24, 2.45) is 0 Å². The summed E-state index contributed by atoms with van der Waals surface area (Å²) in [6.45, 7) is 12.5. The molecule has 0 unspecified atom stereocenters. The molecule has 0 aliphatic carbocycles. The Morgan fingerprint density at radius 1 is 0.917 bits per heavy atom. The van der Waals surface area contributed by atoms with Crippen LogP contribution in [0.2, 0.25) is 0 Å². The topological polar surface area (TPSA) is 27.1 Å². The van der Waals surface area contributed by atoms with Gasteiger partial charge in [-0.25, -0.2) is 0 Å². The maximum absolute atomic E-state index is 5.65. The Bertz CT molecular complexity index is 342. The largest absolute Gasteiger partial charge is 1.00 e. The van der Waals surface area contributed by atoms with E-state index in [-0.39, 0.29) is 51.4 Å². The minimum Gasteiger partial charge on any atom is -0.380 e. The van der Waals surface area contributed by atoms with E-state index in [1.807, 2.05) is 24.7 Å². The monoisotopic (exact) mass is 362 g/mol. The normalized spacial score (nSPS) is 10.0. The molecule has 1 aromatic rings. The summed E-state index contributed by atoms with van der Waals surface area (Å²) in [4.78, 5) is 0. The van der Waals surface area contributed by atoms with Gasteiger partial charge in [-0.3, -0.25) is 4.68 Å². The van der Waals surface area contributed by atoms with Crippen molar-refractivity contribution >= 4 is 0 Å². The van der Waals surface area contributed by atoms with Crippen molar-refractivity contribution in [2.45, 2.75) is 91.5 Å². The zero-order valence-electron chi connectivity index (χ0n) is 16.9. The first kappa shape index (κ1) is 27.0. The van der Waals surface area contributed by atoms with Gasteiger partial charge >= 0.3 is 51.4 Å². The van der Waals surface area contributed by atoms with Crippen LogP contribution in [0.5, 0.6) is 0 Å². The average Bonchev–Trinajstić information content (AvgIpc) is 2.99. The van der Waals surface area contributed by atoms with Gasteiger partial charge in [-0.15, -0.1) is 0 Å². The predicted molar refractivity (Wildman–Crippen MR) is 101 cm³/mol. The Balaban J connectivity index is 0. The third-order valence-corrected chi connectivity index (χ3v) is 3.77. The third-order valence-electron chi connectivity index (χ3n) is 3.77. The molecule has 0 aliphatic rings. The van der Waals surface area contributed by atoms with Crippen molar-refractivity contribution in [2.75, 3.05) is 13.2 Å². The van der Waals surface area contributed by atoms with Gasteiger partial charge in [0.15, 0.2) is 0 Å². The van der Waals surface area contributed by atoms with Crippen LogP contribution in [0.25, 0.3) is 0 Å². The fraction of sp³-hybridized carbons (Fsp3) is 0.800. The molecule has 0 amide bonds. The van der Waals surface area contributed by atoms with Crippen LogP contribution in [0.4, 0.5) is 0 Å². The molecule has 4 heteroatoms. The fourth-order valence-electron chi connectivity index (χ4n) is 2.47. The second-order valence-corrected chi connectivity index (χ2v) is 5.93. The third kappa shape index (κ3) is 17.6. The molecule has 1 heterocycles. The molecule has 0 aliphatic heterocycles. The zero-order chi connectivity index (χ0) is 17.2. The first-order chi connectivity index (χ1) is 11.3. The molecule has 0 radical (unpaired) electrons. The van der Waals surface area contributed by atoms with E-state index < -0.39 is 0 Å². The number of rotatable bonds is 14. The van der Waals surface area contributed by atoms with Crippen molar-refractivity contribution < 1.29 is 56.1 Å². The standard InChI is InChI=1S/C18H33N2O.C2H6.K/c1-3-4-5-6-7-8-9-10-11-12-14-21-15-13-20-17-18(2)16-19-20;1-2;/h16-17H,1,3-15H2,2H3;1-2H3;/q-1;;+1. The summed E-state index contributed by atoms with van der Waals surface area (Å²) in [5.41, 5.74) is 1.21. The average molecular weight is 363 g/mol. The Morgan fingerprint density at radius 2 is 1.46 bits per heavy atom. The molecular weight excluding hydrogens is 323 g/mol. The quantitative estimate of drug-likeness (QED) is 0.289. The van der Waals surface area contributed by atoms with Crippen LogP contribution in [0.15, 0.2) is 12.4 Å². The number of aromatic nitrogens is 2. The van der Waals surface area contributed by atoms with E-state index >= 15 is 0 Å². The van der Waals surface area contributed by atoms with Crippen LogP contribution in [-0.4, -0.2) is 23.0 Å². The number of nitrogens with zero attached hydrogens (tertiary/aromatic N) is 2. The molecule has 1 aromatic heterocycles. The van der Waals surface area contributed by atoms with Gasteiger partial charge in [-0.2, -0.15) is 11.5 Å². The maximum atomic E-state index is 5.65. The molecule has 0 aromatic carbocycles. The molecule has 0 saturated heterocycles. The van der Waals surface area contributed by atoms with Crippen molar-refractivity contribution in [1.82, 2.24) is 9.78 Å². The Labute approximate surface area is 193 Å². The van der Waals surface area contributed by atoms with E-state index in [9.17, 15) is 0 Å². The van der Waals surface area contributed by atoms with E-state index in [0.29, 0.717) is 0 Å². The Morgan fingerprint density at radius 3 is 1.96 bits per heavy atom. The van der Waals surface area contributed by atoms with Gasteiger partial charge in [0.1, 0.15) is 0 Å². The minimum absolute atomic E-state index is 0. The number of hydrogen-bond acceptors (Lipinski definition) is 2. The fourth-order valence-corrected chi connectivity index (χ4v) is 2.47. The molecular formula is C20H39KN2O. The van der Waals surface area contributed by atoms with Gasteiger partial charge in [0.25, 0.3) is 0 Å². The molecule has 0 fully saturated rings. The van der Waals surface area contributed by atoms with Crippen molar-refractivity contribution in [3.8, 4) is 0 Å². The molecule has 1 rings (SSSR count). The Hall–Kier alpha value is 0.806. The number of ether oxygens (including phenoxy) is 1. The van der Waals surface area contributed by atoms with Crippen LogP contribution < -0.4 is 51.4 Å². The number of aryl methyl sites for hydroxylation is 1. The Kier molecular flexibility index (Phi) is 24.6. The van der Waals surface area contributed by atoms with Gasteiger partial charge in [0.05, 0.1) is 19.3 Å². The smallest absolute Gasteiger partial charge is 0.380 e.